The summed E-state index contributed by atoms with van der Waals surface area (Å²) >= 11 is 0. The number of ether oxygens (including phenoxy) is 2. The SMILES string of the molecule is CC(C)OC(=O)[C@H](C)N[P@](=O)(OC[C@H]1O[C@H](N2CCC(=O)NC2=O)[C@@](C)(F)[C@H]1O)Oc1ccccc1. The molecule has 14 heteroatoms. The summed E-state index contributed by atoms with van der Waals surface area (Å²) in [6, 6.07) is 6.04. The number of esters is 1. The maximum absolute atomic E-state index is 15.5. The maximum Gasteiger partial charge on any atom is 0.459 e. The van der Waals surface area contributed by atoms with Gasteiger partial charge in [-0.25, -0.2) is 13.8 Å². The van der Waals surface area contributed by atoms with E-state index in [0.717, 1.165) is 11.8 Å². The van der Waals surface area contributed by atoms with Crippen molar-refractivity contribution in [2.24, 2.45) is 0 Å². The number of para-hydroxylation sites is 1. The number of aliphatic hydroxyl groups excluding tert-OH is 1. The molecule has 2 aliphatic rings. The summed E-state index contributed by atoms with van der Waals surface area (Å²) in [6.07, 6.45) is -5.14. The van der Waals surface area contributed by atoms with Gasteiger partial charge in [-0.1, -0.05) is 18.2 Å². The standard InChI is InChI=1S/C22H31FN3O9P/c1-13(2)33-19(29)14(3)25-36(31,35-15-8-6-5-7-9-15)32-12-16-18(28)22(4,23)20(34-16)26-11-10-17(27)24-21(26)30/h5-9,13-14,16,18,20,28H,10-12H2,1-4H3,(H,25,31)(H,24,27,30)/t14-,16+,18-,20-,22-,36-/m0/s1. The van der Waals surface area contributed by atoms with Gasteiger partial charge in [0.2, 0.25) is 5.91 Å². The van der Waals surface area contributed by atoms with E-state index in [9.17, 15) is 24.1 Å². The average molecular weight is 531 g/mol. The van der Waals surface area contributed by atoms with Crippen LogP contribution in [-0.2, 0) is 28.2 Å². The van der Waals surface area contributed by atoms with Crippen LogP contribution in [0.5, 0.6) is 5.75 Å². The highest BCUT2D eigenvalue weighted by atomic mass is 31.2. The quantitative estimate of drug-likeness (QED) is 0.301. The van der Waals surface area contributed by atoms with Crippen LogP contribution in [0.3, 0.4) is 0 Å². The van der Waals surface area contributed by atoms with Gasteiger partial charge in [-0.2, -0.15) is 5.09 Å². The first-order valence-corrected chi connectivity index (χ1v) is 13.0. The molecule has 0 aliphatic carbocycles. The smallest absolute Gasteiger partial charge is 0.459 e. The molecule has 0 saturated carbocycles. The Balaban J connectivity index is 1.74. The van der Waals surface area contributed by atoms with E-state index >= 15 is 4.39 Å². The number of amides is 3. The van der Waals surface area contributed by atoms with Crippen molar-refractivity contribution in [3.8, 4) is 5.75 Å². The number of rotatable bonds is 10. The first-order chi connectivity index (χ1) is 16.8. The Morgan fingerprint density at radius 1 is 1.33 bits per heavy atom. The van der Waals surface area contributed by atoms with E-state index in [4.69, 9.17) is 18.5 Å². The van der Waals surface area contributed by atoms with E-state index in [1.165, 1.54) is 19.1 Å². The highest BCUT2D eigenvalue weighted by molar-refractivity contribution is 7.52. The molecule has 3 rings (SSSR count). The maximum atomic E-state index is 15.5. The Bertz CT molecular complexity index is 1010. The molecule has 12 nitrogen and oxygen atoms in total. The van der Waals surface area contributed by atoms with E-state index in [1.54, 1.807) is 32.0 Å². The van der Waals surface area contributed by atoms with Crippen molar-refractivity contribution < 1.29 is 47.0 Å². The van der Waals surface area contributed by atoms with Gasteiger partial charge in [0.05, 0.1) is 12.7 Å². The summed E-state index contributed by atoms with van der Waals surface area (Å²) in [7, 11) is -4.29. The topological polar surface area (TPSA) is 153 Å². The normalized spacial score (nSPS) is 29.0. The Kier molecular flexibility index (Phi) is 8.73. The molecule has 200 valence electrons. The van der Waals surface area contributed by atoms with E-state index in [0.29, 0.717) is 0 Å². The fourth-order valence-electron chi connectivity index (χ4n) is 3.70. The molecule has 2 fully saturated rings. The van der Waals surface area contributed by atoms with Crippen LogP contribution in [0.25, 0.3) is 0 Å². The molecular weight excluding hydrogens is 500 g/mol. The first kappa shape index (κ1) is 28.0. The lowest BCUT2D eigenvalue weighted by molar-refractivity contribution is -0.149. The van der Waals surface area contributed by atoms with Crippen LogP contribution in [0.1, 0.15) is 34.1 Å². The van der Waals surface area contributed by atoms with Gasteiger partial charge in [-0.05, 0) is 39.8 Å². The second-order valence-corrected chi connectivity index (χ2v) is 10.6. The highest BCUT2D eigenvalue weighted by Crippen LogP contribution is 2.46. The molecule has 6 atom stereocenters. The van der Waals surface area contributed by atoms with Crippen LogP contribution in [0.2, 0.25) is 0 Å². The largest absolute Gasteiger partial charge is 0.462 e. The van der Waals surface area contributed by atoms with Crippen LogP contribution in [-0.4, -0.2) is 77.3 Å². The molecule has 3 N–H and O–H groups in total. The third kappa shape index (κ3) is 6.60. The minimum Gasteiger partial charge on any atom is -0.462 e. The molecule has 2 aliphatic heterocycles. The molecule has 0 spiro atoms. The van der Waals surface area contributed by atoms with Gasteiger partial charge >= 0.3 is 19.7 Å². The van der Waals surface area contributed by atoms with E-state index in [1.807, 2.05) is 0 Å². The van der Waals surface area contributed by atoms with Crippen LogP contribution >= 0.6 is 7.75 Å². The van der Waals surface area contributed by atoms with Crippen LogP contribution in [0, 0.1) is 0 Å². The second-order valence-electron chi connectivity index (χ2n) is 8.95. The average Bonchev–Trinajstić information content (AvgIpc) is 3.01. The van der Waals surface area contributed by atoms with E-state index in [2.05, 4.69) is 10.4 Å². The van der Waals surface area contributed by atoms with Gasteiger partial charge in [0.25, 0.3) is 0 Å². The number of hydrogen-bond acceptors (Lipinski definition) is 9. The van der Waals surface area contributed by atoms with Crippen molar-refractivity contribution in [3.63, 3.8) is 0 Å². The molecule has 0 bridgehead atoms. The van der Waals surface area contributed by atoms with Gasteiger partial charge in [-0.15, -0.1) is 0 Å². The molecule has 0 unspecified atom stereocenters. The zero-order valence-electron chi connectivity index (χ0n) is 20.4. The minimum atomic E-state index is -4.29. The Hall–Kier alpha value is -2.57. The highest BCUT2D eigenvalue weighted by Gasteiger charge is 2.58. The number of imide groups is 1. The van der Waals surface area contributed by atoms with Crippen molar-refractivity contribution in [2.75, 3.05) is 13.2 Å². The molecule has 1 aromatic rings. The monoisotopic (exact) mass is 531 g/mol. The van der Waals surface area contributed by atoms with Crippen molar-refractivity contribution >= 4 is 25.7 Å². The number of carbonyl (C=O) groups excluding carboxylic acids is 3. The van der Waals surface area contributed by atoms with Crippen LogP contribution in [0.15, 0.2) is 30.3 Å². The third-order valence-electron chi connectivity index (χ3n) is 5.52. The van der Waals surface area contributed by atoms with Gasteiger partial charge < -0.3 is 19.1 Å². The molecule has 2 heterocycles. The van der Waals surface area contributed by atoms with E-state index in [-0.39, 0.29) is 18.7 Å². The summed E-state index contributed by atoms with van der Waals surface area (Å²) in [6.45, 7) is 5.04. The lowest BCUT2D eigenvalue weighted by Crippen LogP contribution is -2.59. The first-order valence-electron chi connectivity index (χ1n) is 11.4. The molecule has 0 radical (unpaired) electrons. The van der Waals surface area contributed by atoms with Crippen molar-refractivity contribution in [1.29, 1.82) is 0 Å². The number of aliphatic hydroxyl groups is 1. The molecule has 0 aromatic heterocycles. The van der Waals surface area contributed by atoms with Gasteiger partial charge in [0.15, 0.2) is 11.9 Å². The number of hydrogen-bond donors (Lipinski definition) is 3. The fraction of sp³-hybridized carbons (Fsp3) is 0.591. The fourth-order valence-corrected chi connectivity index (χ4v) is 5.20. The number of nitrogens with zero attached hydrogens (tertiary/aromatic N) is 1. The Morgan fingerprint density at radius 2 is 2.00 bits per heavy atom. The second kappa shape index (κ2) is 11.2. The van der Waals surface area contributed by atoms with Gasteiger partial charge in [-0.3, -0.25) is 24.3 Å². The number of nitrogens with one attached hydrogen (secondary N) is 2. The lowest BCUT2D eigenvalue weighted by Gasteiger charge is -2.35. The zero-order valence-corrected chi connectivity index (χ0v) is 21.3. The molecule has 3 amide bonds. The summed E-state index contributed by atoms with van der Waals surface area (Å²) in [5.74, 6) is -1.05. The van der Waals surface area contributed by atoms with Crippen molar-refractivity contribution in [1.82, 2.24) is 15.3 Å². The van der Waals surface area contributed by atoms with Gasteiger partial charge in [0, 0.05) is 13.0 Å². The summed E-state index contributed by atoms with van der Waals surface area (Å²) in [4.78, 5) is 36.8. The summed E-state index contributed by atoms with van der Waals surface area (Å²) in [5, 5.41) is 15.1. The molecular formula is C22H31FN3O9P. The number of halogens is 1. The van der Waals surface area contributed by atoms with Crippen molar-refractivity contribution in [3.05, 3.63) is 30.3 Å². The summed E-state index contributed by atoms with van der Waals surface area (Å²) in [5.41, 5.74) is -2.43. The predicted molar refractivity (Wildman–Crippen MR) is 123 cm³/mol. The van der Waals surface area contributed by atoms with Crippen molar-refractivity contribution in [2.45, 2.75) is 70.4 Å². The van der Waals surface area contributed by atoms with Crippen LogP contribution in [0.4, 0.5) is 9.18 Å². The Morgan fingerprint density at radius 3 is 2.61 bits per heavy atom. The van der Waals surface area contributed by atoms with E-state index < -0.39 is 68.5 Å². The molecule has 1 aromatic carbocycles. The Labute approximate surface area is 208 Å². The molecule has 36 heavy (non-hydrogen) atoms. The number of carbonyl (C=O) groups is 3. The third-order valence-corrected chi connectivity index (χ3v) is 7.17. The molecule has 2 saturated heterocycles. The lowest BCUT2D eigenvalue weighted by atomic mass is 9.97. The number of benzene rings is 1. The predicted octanol–water partition coefficient (Wildman–Crippen LogP) is 1.88. The van der Waals surface area contributed by atoms with Crippen LogP contribution < -0.4 is 14.9 Å². The zero-order chi connectivity index (χ0) is 26.7. The minimum absolute atomic E-state index is 0.0622. The van der Waals surface area contributed by atoms with Gasteiger partial charge in [0.1, 0.15) is 24.0 Å². The summed E-state index contributed by atoms with van der Waals surface area (Å²) < 4.78 is 50.7. The number of alkyl halides is 1. The number of urea groups is 1.